The Morgan fingerprint density at radius 1 is 0.795 bits per heavy atom. The molecule has 0 saturated carbocycles. The van der Waals surface area contributed by atoms with Gasteiger partial charge in [0.15, 0.2) is 11.5 Å². The van der Waals surface area contributed by atoms with Gasteiger partial charge in [0.05, 0.1) is 13.0 Å². The largest absolute Gasteiger partial charge is 0.468 e. The Hall–Kier alpha value is -2.94. The number of rotatable bonds is 17. The molecule has 1 N–H and O–H groups in total. The summed E-state index contributed by atoms with van der Waals surface area (Å²) >= 11 is 0. The van der Waals surface area contributed by atoms with Crippen LogP contribution < -0.4 is 14.8 Å². The zero-order valence-corrected chi connectivity index (χ0v) is 24.8. The van der Waals surface area contributed by atoms with Crippen LogP contribution in [0.4, 0.5) is 0 Å². The number of hydrogen-bond acceptors (Lipinski definition) is 9. The van der Waals surface area contributed by atoms with Crippen molar-refractivity contribution in [1.82, 2.24) is 5.32 Å². The minimum atomic E-state index is -0.736. The quantitative estimate of drug-likeness (QED) is 0.165. The molecule has 0 heterocycles. The molecule has 0 spiro atoms. The Morgan fingerprint density at radius 2 is 1.36 bits per heavy atom. The summed E-state index contributed by atoms with van der Waals surface area (Å²) < 4.78 is 21.4. The zero-order chi connectivity index (χ0) is 29.5. The number of benzene rings is 1. The van der Waals surface area contributed by atoms with Crippen LogP contribution in [0.3, 0.4) is 0 Å². The molecule has 1 unspecified atom stereocenters. The number of hydrogen-bond donors (Lipinski definition) is 1. The molecule has 9 nitrogen and oxygen atoms in total. The predicted octanol–water partition coefficient (Wildman–Crippen LogP) is 4.88. The van der Waals surface area contributed by atoms with Crippen molar-refractivity contribution in [3.05, 3.63) is 23.8 Å². The summed E-state index contributed by atoms with van der Waals surface area (Å²) in [5.41, 5.74) is 0.664. The third-order valence-corrected chi connectivity index (χ3v) is 6.34. The lowest BCUT2D eigenvalue weighted by atomic mass is 9.99. The van der Waals surface area contributed by atoms with Gasteiger partial charge in [0, 0.05) is 19.4 Å². The molecule has 2 atom stereocenters. The fourth-order valence-electron chi connectivity index (χ4n) is 3.41. The fourth-order valence-corrected chi connectivity index (χ4v) is 3.41. The van der Waals surface area contributed by atoms with E-state index in [0.717, 1.165) is 0 Å². The molecule has 0 aromatic heterocycles. The van der Waals surface area contributed by atoms with Crippen LogP contribution in [0, 0.1) is 23.7 Å². The molecule has 1 rings (SSSR count). The van der Waals surface area contributed by atoms with E-state index in [4.69, 9.17) is 18.9 Å². The Labute approximate surface area is 233 Å². The molecular formula is C30H47NO8. The first-order valence-electron chi connectivity index (χ1n) is 13.9. The molecule has 9 heteroatoms. The van der Waals surface area contributed by atoms with Gasteiger partial charge in [-0.1, -0.05) is 54.5 Å². The summed E-state index contributed by atoms with van der Waals surface area (Å²) in [5, 5.41) is 3.06. The van der Waals surface area contributed by atoms with Crippen LogP contribution in [0.5, 0.6) is 11.5 Å². The number of carbonyl (C=O) groups excluding carboxylic acids is 4. The summed E-state index contributed by atoms with van der Waals surface area (Å²) in [7, 11) is 1.29. The molecule has 0 bridgehead atoms. The van der Waals surface area contributed by atoms with E-state index in [2.05, 4.69) is 5.32 Å². The van der Waals surface area contributed by atoms with E-state index in [1.807, 2.05) is 48.5 Å². The first-order valence-corrected chi connectivity index (χ1v) is 13.9. The summed E-state index contributed by atoms with van der Waals surface area (Å²) in [6, 6.07) is 4.13. The Morgan fingerprint density at radius 3 is 1.87 bits per heavy atom. The number of methoxy groups -OCH3 is 1. The second kappa shape index (κ2) is 17.6. The molecule has 220 valence electrons. The number of nitrogens with one attached hydrogen (secondary N) is 1. The van der Waals surface area contributed by atoms with Crippen molar-refractivity contribution in [2.24, 2.45) is 23.7 Å². The molecule has 0 aliphatic carbocycles. The topological polar surface area (TPSA) is 117 Å². The Balaban J connectivity index is 2.99. The summed E-state index contributed by atoms with van der Waals surface area (Å²) in [5.74, 6) is -0.721. The van der Waals surface area contributed by atoms with Crippen molar-refractivity contribution < 1.29 is 38.1 Å². The number of carbonyl (C=O) groups is 4. The summed E-state index contributed by atoms with van der Waals surface area (Å²) in [6.45, 7) is 14.1. The second-order valence-electron chi connectivity index (χ2n) is 11.0. The van der Waals surface area contributed by atoms with Gasteiger partial charge in [-0.3, -0.25) is 19.2 Å². The van der Waals surface area contributed by atoms with E-state index < -0.39 is 23.9 Å². The molecule has 1 aromatic carbocycles. The molecule has 0 radical (unpaired) electrons. The maximum absolute atomic E-state index is 12.5. The number of esters is 4. The van der Waals surface area contributed by atoms with Crippen LogP contribution in [0.1, 0.15) is 79.7 Å². The molecule has 39 heavy (non-hydrogen) atoms. The monoisotopic (exact) mass is 549 g/mol. The minimum absolute atomic E-state index is 0.105. The van der Waals surface area contributed by atoms with Gasteiger partial charge < -0.3 is 24.3 Å². The molecular weight excluding hydrogens is 502 g/mol. The summed E-state index contributed by atoms with van der Waals surface area (Å²) in [4.78, 5) is 49.4. The van der Waals surface area contributed by atoms with E-state index >= 15 is 0 Å². The lowest BCUT2D eigenvalue weighted by Crippen LogP contribution is -2.41. The van der Waals surface area contributed by atoms with E-state index in [-0.39, 0.29) is 61.7 Å². The van der Waals surface area contributed by atoms with Crippen molar-refractivity contribution in [2.75, 3.05) is 20.3 Å². The van der Waals surface area contributed by atoms with Gasteiger partial charge >= 0.3 is 23.9 Å². The molecule has 0 amide bonds. The van der Waals surface area contributed by atoms with Gasteiger partial charge in [0.2, 0.25) is 0 Å². The third kappa shape index (κ3) is 13.6. The standard InChI is InChI=1S/C30H47NO8/c1-19(2)9-13-27(32)38-25-12-11-23(18-26(25)39-28(33)14-10-20(3)4)17-24(30(35)36-8)31-15-16-37-29(34)22(7)21(5)6/h11-12,18-22,24,31H,9-10,13-17H2,1-8H3/t22?,24-/m0/s1. The zero-order valence-electron chi connectivity index (χ0n) is 24.8. The van der Waals surface area contributed by atoms with Crippen LogP contribution in [-0.2, 0) is 35.1 Å². The van der Waals surface area contributed by atoms with E-state index in [1.165, 1.54) is 7.11 Å². The van der Waals surface area contributed by atoms with Crippen molar-refractivity contribution in [1.29, 1.82) is 0 Å². The van der Waals surface area contributed by atoms with E-state index in [1.54, 1.807) is 18.2 Å². The van der Waals surface area contributed by atoms with E-state index in [0.29, 0.717) is 30.2 Å². The average Bonchev–Trinajstić information content (AvgIpc) is 2.88. The van der Waals surface area contributed by atoms with E-state index in [9.17, 15) is 19.2 Å². The molecule has 0 saturated heterocycles. The molecule has 0 aliphatic heterocycles. The maximum Gasteiger partial charge on any atom is 0.323 e. The fraction of sp³-hybridized carbons (Fsp3) is 0.667. The van der Waals surface area contributed by atoms with Crippen LogP contribution in [0.2, 0.25) is 0 Å². The van der Waals surface area contributed by atoms with Crippen molar-refractivity contribution in [3.63, 3.8) is 0 Å². The highest BCUT2D eigenvalue weighted by molar-refractivity contribution is 5.77. The minimum Gasteiger partial charge on any atom is -0.468 e. The van der Waals surface area contributed by atoms with Crippen molar-refractivity contribution in [2.45, 2.75) is 86.6 Å². The summed E-state index contributed by atoms with van der Waals surface area (Å²) in [6.07, 6.45) is 2.02. The van der Waals surface area contributed by atoms with Crippen LogP contribution in [0.15, 0.2) is 18.2 Å². The van der Waals surface area contributed by atoms with Gasteiger partial charge in [-0.2, -0.15) is 0 Å². The lowest BCUT2D eigenvalue weighted by Gasteiger charge is -2.19. The average molecular weight is 550 g/mol. The van der Waals surface area contributed by atoms with Crippen molar-refractivity contribution in [3.8, 4) is 11.5 Å². The smallest absolute Gasteiger partial charge is 0.323 e. The molecule has 0 aliphatic rings. The highest BCUT2D eigenvalue weighted by Crippen LogP contribution is 2.30. The predicted molar refractivity (Wildman–Crippen MR) is 148 cm³/mol. The number of ether oxygens (including phenoxy) is 4. The third-order valence-electron chi connectivity index (χ3n) is 6.34. The van der Waals surface area contributed by atoms with Crippen LogP contribution in [0.25, 0.3) is 0 Å². The van der Waals surface area contributed by atoms with Crippen molar-refractivity contribution >= 4 is 23.9 Å². The molecule has 1 aromatic rings. The highest BCUT2D eigenvalue weighted by Gasteiger charge is 2.23. The highest BCUT2D eigenvalue weighted by atomic mass is 16.6. The van der Waals surface area contributed by atoms with Gasteiger partial charge in [-0.05, 0) is 54.7 Å². The Kier molecular flexibility index (Phi) is 15.4. The van der Waals surface area contributed by atoms with Gasteiger partial charge in [-0.15, -0.1) is 0 Å². The van der Waals surface area contributed by atoms with Gasteiger partial charge in [0.1, 0.15) is 12.6 Å². The normalized spacial score (nSPS) is 12.8. The first-order chi connectivity index (χ1) is 18.3. The molecule has 0 fully saturated rings. The van der Waals surface area contributed by atoms with Gasteiger partial charge in [-0.25, -0.2) is 0 Å². The van der Waals surface area contributed by atoms with Crippen LogP contribution in [-0.4, -0.2) is 50.2 Å². The Bertz CT molecular complexity index is 941. The van der Waals surface area contributed by atoms with Crippen LogP contribution >= 0.6 is 0 Å². The second-order valence-corrected chi connectivity index (χ2v) is 11.0. The van der Waals surface area contributed by atoms with Gasteiger partial charge in [0.25, 0.3) is 0 Å². The lowest BCUT2D eigenvalue weighted by molar-refractivity contribution is -0.149. The maximum atomic E-state index is 12.5. The SMILES string of the molecule is COC(=O)[C@H](Cc1ccc(OC(=O)CCC(C)C)c(OC(=O)CCC(C)C)c1)NCCOC(=O)C(C)C(C)C. The first kappa shape index (κ1) is 34.1.